The molecular weight excluding hydrogens is 300 g/mol. The van der Waals surface area contributed by atoms with Gasteiger partial charge in [-0.2, -0.15) is 0 Å². The predicted octanol–water partition coefficient (Wildman–Crippen LogP) is 1.44. The van der Waals surface area contributed by atoms with Gasteiger partial charge in [0.2, 0.25) is 5.91 Å². The SMILES string of the molecule is CCCN(C(=O)CC(C)C1CCNCC1)C1CCS(=O)(=O)C1. The Morgan fingerprint density at radius 3 is 2.50 bits per heavy atom. The van der Waals surface area contributed by atoms with E-state index in [1.54, 1.807) is 0 Å². The minimum atomic E-state index is -2.94. The summed E-state index contributed by atoms with van der Waals surface area (Å²) in [6, 6.07) is -0.0994. The molecule has 2 aliphatic rings. The summed E-state index contributed by atoms with van der Waals surface area (Å²) in [4.78, 5) is 14.5. The standard InChI is InChI=1S/C16H30N2O3S/c1-3-9-18(15-6-10-22(20,21)12-15)16(19)11-13(2)14-4-7-17-8-5-14/h13-15,17H,3-12H2,1-2H3. The van der Waals surface area contributed by atoms with E-state index in [1.165, 1.54) is 0 Å². The van der Waals surface area contributed by atoms with Crippen LogP contribution in [0.5, 0.6) is 0 Å². The molecule has 128 valence electrons. The van der Waals surface area contributed by atoms with Crippen LogP contribution in [0.4, 0.5) is 0 Å². The van der Waals surface area contributed by atoms with Gasteiger partial charge in [-0.1, -0.05) is 13.8 Å². The quantitative estimate of drug-likeness (QED) is 0.800. The molecule has 1 N–H and O–H groups in total. The smallest absolute Gasteiger partial charge is 0.223 e. The molecule has 2 rings (SSSR count). The van der Waals surface area contributed by atoms with Crippen molar-refractivity contribution in [2.24, 2.45) is 11.8 Å². The van der Waals surface area contributed by atoms with Gasteiger partial charge in [-0.15, -0.1) is 0 Å². The van der Waals surface area contributed by atoms with Crippen LogP contribution in [0.25, 0.3) is 0 Å². The van der Waals surface area contributed by atoms with Gasteiger partial charge in [0.25, 0.3) is 0 Å². The van der Waals surface area contributed by atoms with Crippen molar-refractivity contribution in [2.45, 2.75) is 52.0 Å². The van der Waals surface area contributed by atoms with Crippen LogP contribution < -0.4 is 5.32 Å². The molecule has 2 atom stereocenters. The van der Waals surface area contributed by atoms with Crippen LogP contribution in [0, 0.1) is 11.8 Å². The molecule has 0 aromatic heterocycles. The molecule has 0 spiro atoms. The number of hydrogen-bond acceptors (Lipinski definition) is 4. The minimum absolute atomic E-state index is 0.0994. The van der Waals surface area contributed by atoms with Crippen molar-refractivity contribution in [3.05, 3.63) is 0 Å². The molecule has 2 aliphatic heterocycles. The Balaban J connectivity index is 1.94. The number of nitrogens with one attached hydrogen (secondary N) is 1. The van der Waals surface area contributed by atoms with Crippen molar-refractivity contribution in [3.8, 4) is 0 Å². The minimum Gasteiger partial charge on any atom is -0.339 e. The van der Waals surface area contributed by atoms with Gasteiger partial charge in [0.15, 0.2) is 9.84 Å². The summed E-state index contributed by atoms with van der Waals surface area (Å²) >= 11 is 0. The van der Waals surface area contributed by atoms with Gasteiger partial charge in [-0.25, -0.2) is 8.42 Å². The molecule has 6 heteroatoms. The number of hydrogen-bond donors (Lipinski definition) is 1. The number of rotatable bonds is 6. The van der Waals surface area contributed by atoms with Crippen LogP contribution >= 0.6 is 0 Å². The summed E-state index contributed by atoms with van der Waals surface area (Å²) in [6.07, 6.45) is 4.32. The van der Waals surface area contributed by atoms with Crippen LogP contribution in [0.15, 0.2) is 0 Å². The van der Waals surface area contributed by atoms with Crippen LogP contribution in [-0.4, -0.2) is 56.4 Å². The predicted molar refractivity (Wildman–Crippen MR) is 88.4 cm³/mol. The van der Waals surface area contributed by atoms with Crippen molar-refractivity contribution < 1.29 is 13.2 Å². The highest BCUT2D eigenvalue weighted by molar-refractivity contribution is 7.91. The van der Waals surface area contributed by atoms with Crippen molar-refractivity contribution in [1.29, 1.82) is 0 Å². The molecule has 0 aliphatic carbocycles. The number of carbonyl (C=O) groups is 1. The number of sulfone groups is 1. The van der Waals surface area contributed by atoms with E-state index in [0.717, 1.165) is 32.4 Å². The molecule has 0 aromatic rings. The Kier molecular flexibility index (Phi) is 6.26. The van der Waals surface area contributed by atoms with Gasteiger partial charge in [0.1, 0.15) is 0 Å². The van der Waals surface area contributed by atoms with E-state index in [4.69, 9.17) is 0 Å². The fourth-order valence-electron chi connectivity index (χ4n) is 3.75. The Morgan fingerprint density at radius 1 is 1.27 bits per heavy atom. The lowest BCUT2D eigenvalue weighted by Crippen LogP contribution is -2.43. The summed E-state index contributed by atoms with van der Waals surface area (Å²) in [7, 11) is -2.94. The molecule has 22 heavy (non-hydrogen) atoms. The number of amides is 1. The molecule has 2 unspecified atom stereocenters. The molecule has 5 nitrogen and oxygen atoms in total. The molecule has 0 saturated carbocycles. The summed E-state index contributed by atoms with van der Waals surface area (Å²) in [6.45, 7) is 6.98. The van der Waals surface area contributed by atoms with Gasteiger partial charge in [0, 0.05) is 19.0 Å². The van der Waals surface area contributed by atoms with E-state index in [9.17, 15) is 13.2 Å². The first-order valence-electron chi connectivity index (χ1n) is 8.63. The van der Waals surface area contributed by atoms with E-state index >= 15 is 0 Å². The Labute approximate surface area is 134 Å². The van der Waals surface area contributed by atoms with Gasteiger partial charge in [0.05, 0.1) is 11.5 Å². The highest BCUT2D eigenvalue weighted by atomic mass is 32.2. The summed E-state index contributed by atoms with van der Waals surface area (Å²) < 4.78 is 23.4. The molecule has 0 radical (unpaired) electrons. The van der Waals surface area contributed by atoms with Crippen LogP contribution in [-0.2, 0) is 14.6 Å². The van der Waals surface area contributed by atoms with E-state index in [0.29, 0.717) is 31.2 Å². The Bertz CT molecular complexity index is 472. The van der Waals surface area contributed by atoms with Crippen LogP contribution in [0.1, 0.15) is 46.0 Å². The lowest BCUT2D eigenvalue weighted by atomic mass is 9.84. The lowest BCUT2D eigenvalue weighted by molar-refractivity contribution is -0.134. The van der Waals surface area contributed by atoms with Gasteiger partial charge >= 0.3 is 0 Å². The van der Waals surface area contributed by atoms with Crippen molar-refractivity contribution in [2.75, 3.05) is 31.1 Å². The zero-order chi connectivity index (χ0) is 16.2. The van der Waals surface area contributed by atoms with Gasteiger partial charge in [-0.3, -0.25) is 4.79 Å². The third-order valence-corrected chi connectivity index (χ3v) is 6.87. The summed E-state index contributed by atoms with van der Waals surface area (Å²) in [5.74, 6) is 1.53. The highest BCUT2D eigenvalue weighted by Crippen LogP contribution is 2.26. The number of carbonyl (C=O) groups excluding carboxylic acids is 1. The number of piperidine rings is 1. The van der Waals surface area contributed by atoms with E-state index in [-0.39, 0.29) is 23.5 Å². The van der Waals surface area contributed by atoms with Gasteiger partial charge in [-0.05, 0) is 50.6 Å². The van der Waals surface area contributed by atoms with Crippen LogP contribution in [0.3, 0.4) is 0 Å². The van der Waals surface area contributed by atoms with Crippen molar-refractivity contribution in [3.63, 3.8) is 0 Å². The third-order valence-electron chi connectivity index (χ3n) is 5.12. The zero-order valence-electron chi connectivity index (χ0n) is 13.9. The van der Waals surface area contributed by atoms with E-state index in [1.807, 2.05) is 11.8 Å². The Morgan fingerprint density at radius 2 is 1.95 bits per heavy atom. The first-order chi connectivity index (χ1) is 10.4. The maximum Gasteiger partial charge on any atom is 0.223 e. The lowest BCUT2D eigenvalue weighted by Gasteiger charge is -2.32. The fourth-order valence-corrected chi connectivity index (χ4v) is 5.48. The molecule has 2 saturated heterocycles. The third kappa shape index (κ3) is 4.69. The first kappa shape index (κ1) is 17.7. The molecule has 0 aromatic carbocycles. The normalized spacial score (nSPS) is 26.7. The topological polar surface area (TPSA) is 66.5 Å². The average molecular weight is 330 g/mol. The second kappa shape index (κ2) is 7.77. The largest absolute Gasteiger partial charge is 0.339 e. The van der Waals surface area contributed by atoms with E-state index in [2.05, 4.69) is 12.2 Å². The molecule has 1 amide bonds. The second-order valence-corrected chi connectivity index (χ2v) is 9.14. The fraction of sp³-hybridized carbons (Fsp3) is 0.938. The number of nitrogens with zero attached hydrogens (tertiary/aromatic N) is 1. The van der Waals surface area contributed by atoms with Crippen molar-refractivity contribution >= 4 is 15.7 Å². The summed E-state index contributed by atoms with van der Waals surface area (Å²) in [5, 5.41) is 3.36. The van der Waals surface area contributed by atoms with E-state index < -0.39 is 9.84 Å². The average Bonchev–Trinajstić information content (AvgIpc) is 2.85. The van der Waals surface area contributed by atoms with Crippen LogP contribution in [0.2, 0.25) is 0 Å². The molecule has 0 bridgehead atoms. The molecule has 2 fully saturated rings. The molecular formula is C16H30N2O3S. The van der Waals surface area contributed by atoms with Crippen molar-refractivity contribution in [1.82, 2.24) is 10.2 Å². The van der Waals surface area contributed by atoms with Gasteiger partial charge < -0.3 is 10.2 Å². The molecule has 2 heterocycles. The zero-order valence-corrected chi connectivity index (χ0v) is 14.7. The summed E-state index contributed by atoms with van der Waals surface area (Å²) in [5.41, 5.74) is 0. The maximum absolute atomic E-state index is 12.7. The Hall–Kier alpha value is -0.620. The maximum atomic E-state index is 12.7. The first-order valence-corrected chi connectivity index (χ1v) is 10.5. The second-order valence-electron chi connectivity index (χ2n) is 6.91. The monoisotopic (exact) mass is 330 g/mol. The highest BCUT2D eigenvalue weighted by Gasteiger charge is 2.35.